The van der Waals surface area contributed by atoms with Crippen LogP contribution in [0.4, 0.5) is 0 Å². The predicted molar refractivity (Wildman–Crippen MR) is 79.8 cm³/mol. The molecule has 0 atom stereocenters. The molecule has 0 saturated carbocycles. The van der Waals surface area contributed by atoms with Crippen LogP contribution in [0.2, 0.25) is 5.02 Å². The van der Waals surface area contributed by atoms with Crippen molar-refractivity contribution in [1.29, 1.82) is 0 Å². The second-order valence-electron chi connectivity index (χ2n) is 4.92. The molecular weight excluding hydrogens is 276 g/mol. The summed E-state index contributed by atoms with van der Waals surface area (Å²) in [5, 5.41) is 0.764. The minimum absolute atomic E-state index is 0.0954. The minimum Gasteiger partial charge on any atom is -0.372 e. The Kier molecular flexibility index (Phi) is 5.83. The van der Waals surface area contributed by atoms with E-state index >= 15 is 0 Å². The number of rotatable bonds is 5. The van der Waals surface area contributed by atoms with Gasteiger partial charge in [0.25, 0.3) is 0 Å². The average molecular weight is 297 g/mol. The maximum atomic E-state index is 11.8. The van der Waals surface area contributed by atoms with E-state index in [2.05, 4.69) is 17.0 Å². The molecule has 1 aromatic rings. The van der Waals surface area contributed by atoms with Gasteiger partial charge in [0.1, 0.15) is 6.61 Å². The van der Waals surface area contributed by atoms with Gasteiger partial charge in [-0.2, -0.15) is 0 Å². The van der Waals surface area contributed by atoms with Gasteiger partial charge in [0.05, 0.1) is 0 Å². The summed E-state index contributed by atoms with van der Waals surface area (Å²) in [7, 11) is 0. The number of hydrogen-bond donors (Lipinski definition) is 0. The average Bonchev–Trinajstić information content (AvgIpc) is 2.48. The molecule has 1 heterocycles. The normalized spacial score (nSPS) is 16.4. The Morgan fingerprint density at radius 2 is 1.85 bits per heavy atom. The molecule has 0 bridgehead atoms. The van der Waals surface area contributed by atoms with Crippen molar-refractivity contribution < 1.29 is 9.53 Å². The van der Waals surface area contributed by atoms with Gasteiger partial charge in [-0.1, -0.05) is 23.7 Å². The van der Waals surface area contributed by atoms with Crippen molar-refractivity contribution in [2.75, 3.05) is 39.4 Å². The lowest BCUT2D eigenvalue weighted by atomic mass is 10.2. The van der Waals surface area contributed by atoms with Crippen molar-refractivity contribution in [1.82, 2.24) is 9.80 Å². The summed E-state index contributed by atoms with van der Waals surface area (Å²) < 4.78 is 5.16. The Morgan fingerprint density at radius 1 is 1.20 bits per heavy atom. The topological polar surface area (TPSA) is 32.8 Å². The first kappa shape index (κ1) is 15.3. The van der Waals surface area contributed by atoms with Crippen LogP contribution < -0.4 is 0 Å². The lowest BCUT2D eigenvalue weighted by molar-refractivity contribution is -0.137. The first-order valence-corrected chi connectivity index (χ1v) is 7.39. The molecule has 0 unspecified atom stereocenters. The highest BCUT2D eigenvalue weighted by Gasteiger charge is 2.20. The smallest absolute Gasteiger partial charge is 0.248 e. The molecule has 20 heavy (non-hydrogen) atoms. The molecule has 1 saturated heterocycles. The van der Waals surface area contributed by atoms with Crippen LogP contribution in [0, 0.1) is 0 Å². The van der Waals surface area contributed by atoms with Gasteiger partial charge >= 0.3 is 0 Å². The first-order chi connectivity index (χ1) is 9.69. The summed E-state index contributed by atoms with van der Waals surface area (Å²) in [5.74, 6) is 0.0954. The Bertz CT molecular complexity index is 428. The van der Waals surface area contributed by atoms with Gasteiger partial charge < -0.3 is 9.64 Å². The minimum atomic E-state index is 0.0954. The Balaban J connectivity index is 1.76. The van der Waals surface area contributed by atoms with E-state index in [-0.39, 0.29) is 12.5 Å². The van der Waals surface area contributed by atoms with Crippen molar-refractivity contribution in [2.24, 2.45) is 0 Å². The molecule has 4 nitrogen and oxygen atoms in total. The van der Waals surface area contributed by atoms with E-state index in [9.17, 15) is 4.79 Å². The van der Waals surface area contributed by atoms with E-state index in [1.165, 1.54) is 5.56 Å². The number of carbonyl (C=O) groups excluding carboxylic acids is 1. The van der Waals surface area contributed by atoms with Crippen molar-refractivity contribution >= 4 is 17.5 Å². The highest BCUT2D eigenvalue weighted by Crippen LogP contribution is 2.13. The largest absolute Gasteiger partial charge is 0.372 e. The van der Waals surface area contributed by atoms with Crippen LogP contribution in [-0.2, 0) is 16.1 Å². The van der Waals surface area contributed by atoms with Crippen LogP contribution >= 0.6 is 11.6 Å². The van der Waals surface area contributed by atoms with E-state index in [1.54, 1.807) is 0 Å². The molecule has 1 aromatic carbocycles. The van der Waals surface area contributed by atoms with Gasteiger partial charge in [0.15, 0.2) is 0 Å². The number of carbonyl (C=O) groups is 1. The molecular formula is C15H21ClN2O2. The lowest BCUT2D eigenvalue weighted by Crippen LogP contribution is -2.49. The van der Waals surface area contributed by atoms with E-state index in [0.29, 0.717) is 6.61 Å². The van der Waals surface area contributed by atoms with Crippen LogP contribution in [0.15, 0.2) is 24.3 Å². The first-order valence-electron chi connectivity index (χ1n) is 7.01. The zero-order valence-corrected chi connectivity index (χ0v) is 12.6. The fourth-order valence-electron chi connectivity index (χ4n) is 2.28. The number of hydrogen-bond acceptors (Lipinski definition) is 3. The number of benzene rings is 1. The maximum absolute atomic E-state index is 11.8. The summed E-state index contributed by atoms with van der Waals surface area (Å²) >= 11 is 5.88. The fourth-order valence-corrected chi connectivity index (χ4v) is 2.41. The van der Waals surface area contributed by atoms with Gasteiger partial charge in [-0.25, -0.2) is 0 Å². The van der Waals surface area contributed by atoms with Crippen molar-refractivity contribution in [3.8, 4) is 0 Å². The van der Waals surface area contributed by atoms with Crippen LogP contribution in [0.1, 0.15) is 12.5 Å². The summed E-state index contributed by atoms with van der Waals surface area (Å²) in [6.45, 7) is 6.96. The van der Waals surface area contributed by atoms with Crippen LogP contribution in [0.25, 0.3) is 0 Å². The third-order valence-corrected chi connectivity index (χ3v) is 3.73. The number of nitrogens with zero attached hydrogens (tertiary/aromatic N) is 2. The van der Waals surface area contributed by atoms with Gasteiger partial charge in [0.2, 0.25) is 5.91 Å². The molecule has 5 heteroatoms. The second-order valence-corrected chi connectivity index (χ2v) is 5.36. The number of amides is 1. The summed E-state index contributed by atoms with van der Waals surface area (Å²) in [5.41, 5.74) is 1.25. The lowest BCUT2D eigenvalue weighted by Gasteiger charge is -2.34. The molecule has 1 amide bonds. The van der Waals surface area contributed by atoms with E-state index in [0.717, 1.165) is 37.7 Å². The molecule has 1 aliphatic rings. The number of halogens is 1. The molecule has 1 aliphatic heterocycles. The molecule has 0 aromatic heterocycles. The Morgan fingerprint density at radius 3 is 2.45 bits per heavy atom. The van der Waals surface area contributed by atoms with Gasteiger partial charge in [-0.15, -0.1) is 0 Å². The van der Waals surface area contributed by atoms with E-state index < -0.39 is 0 Å². The highest BCUT2D eigenvalue weighted by molar-refractivity contribution is 6.30. The van der Waals surface area contributed by atoms with Crippen molar-refractivity contribution in [3.05, 3.63) is 34.9 Å². The quantitative estimate of drug-likeness (QED) is 0.833. The van der Waals surface area contributed by atoms with Crippen LogP contribution in [0.5, 0.6) is 0 Å². The predicted octanol–water partition coefficient (Wildman–Crippen LogP) is 2.02. The molecule has 0 radical (unpaired) electrons. The van der Waals surface area contributed by atoms with Crippen LogP contribution in [-0.4, -0.2) is 55.1 Å². The van der Waals surface area contributed by atoms with Crippen molar-refractivity contribution in [2.45, 2.75) is 13.5 Å². The van der Waals surface area contributed by atoms with Crippen LogP contribution in [0.3, 0.4) is 0 Å². The van der Waals surface area contributed by atoms with E-state index in [1.807, 2.05) is 24.0 Å². The molecule has 0 spiro atoms. The van der Waals surface area contributed by atoms with E-state index in [4.69, 9.17) is 16.3 Å². The number of ether oxygens (including phenoxy) is 1. The third kappa shape index (κ3) is 4.47. The Labute approximate surface area is 125 Å². The summed E-state index contributed by atoms with van der Waals surface area (Å²) in [4.78, 5) is 16.1. The SMILES string of the molecule is CCOCC(=O)N1CCN(Cc2ccc(Cl)cc2)CC1. The van der Waals surface area contributed by atoms with Gasteiger partial charge in [-0.05, 0) is 24.6 Å². The highest BCUT2D eigenvalue weighted by atomic mass is 35.5. The Hall–Kier alpha value is -1.10. The monoisotopic (exact) mass is 296 g/mol. The second kappa shape index (κ2) is 7.62. The molecule has 0 N–H and O–H groups in total. The molecule has 1 fully saturated rings. The van der Waals surface area contributed by atoms with Gasteiger partial charge in [0, 0.05) is 44.4 Å². The standard InChI is InChI=1S/C15H21ClN2O2/c1-2-20-12-15(19)18-9-7-17(8-10-18)11-13-3-5-14(16)6-4-13/h3-6H,2,7-12H2,1H3. The fraction of sp³-hybridized carbons (Fsp3) is 0.533. The summed E-state index contributed by atoms with van der Waals surface area (Å²) in [6.07, 6.45) is 0. The zero-order valence-electron chi connectivity index (χ0n) is 11.8. The third-order valence-electron chi connectivity index (χ3n) is 3.47. The van der Waals surface area contributed by atoms with Gasteiger partial charge in [-0.3, -0.25) is 9.69 Å². The molecule has 0 aliphatic carbocycles. The number of piperazine rings is 1. The maximum Gasteiger partial charge on any atom is 0.248 e. The molecule has 2 rings (SSSR count). The zero-order chi connectivity index (χ0) is 14.4. The van der Waals surface area contributed by atoms with Crippen molar-refractivity contribution in [3.63, 3.8) is 0 Å². The summed E-state index contributed by atoms with van der Waals surface area (Å²) in [6, 6.07) is 7.93. The molecule has 110 valence electrons.